The standard InChI is InChI=1S/C21H32NO2/c1-2-3-4-5-6-7-8-9-13-16-21(24)22-20(18-23)17-19-14-11-10-12-15-19/h10-12,14-15,20H,2-9,13,16-17H2,1H3,(H,22,24)/t20-/m0/s1. The molecule has 1 aromatic rings. The van der Waals surface area contributed by atoms with Gasteiger partial charge in [0.25, 0.3) is 0 Å². The van der Waals surface area contributed by atoms with Crippen molar-refractivity contribution >= 4 is 12.2 Å². The van der Waals surface area contributed by atoms with Gasteiger partial charge >= 0.3 is 0 Å². The third-order valence-corrected chi connectivity index (χ3v) is 4.27. The molecule has 0 heterocycles. The maximum absolute atomic E-state index is 11.9. The quantitative estimate of drug-likeness (QED) is 0.501. The van der Waals surface area contributed by atoms with Crippen molar-refractivity contribution < 1.29 is 9.59 Å². The van der Waals surface area contributed by atoms with E-state index in [0.29, 0.717) is 12.8 Å². The van der Waals surface area contributed by atoms with E-state index in [4.69, 9.17) is 0 Å². The minimum atomic E-state index is -0.543. The molecule has 1 aromatic carbocycles. The summed E-state index contributed by atoms with van der Waals surface area (Å²) in [5, 5.41) is 2.78. The van der Waals surface area contributed by atoms with Crippen molar-refractivity contribution in [3.63, 3.8) is 0 Å². The number of hydrogen-bond donors (Lipinski definition) is 1. The highest BCUT2D eigenvalue weighted by Gasteiger charge is 2.12. The zero-order valence-electron chi connectivity index (χ0n) is 15.1. The molecule has 1 rings (SSSR count). The molecular weight excluding hydrogens is 298 g/mol. The molecule has 0 saturated carbocycles. The van der Waals surface area contributed by atoms with E-state index < -0.39 is 6.04 Å². The molecule has 0 spiro atoms. The van der Waals surface area contributed by atoms with Crippen LogP contribution in [0.3, 0.4) is 0 Å². The zero-order valence-corrected chi connectivity index (χ0v) is 15.1. The Labute approximate surface area is 147 Å². The van der Waals surface area contributed by atoms with Crippen molar-refractivity contribution in [1.29, 1.82) is 0 Å². The maximum atomic E-state index is 11.9. The molecule has 1 amide bonds. The first-order chi connectivity index (χ1) is 11.8. The van der Waals surface area contributed by atoms with Crippen molar-refractivity contribution in [2.45, 2.75) is 83.6 Å². The van der Waals surface area contributed by atoms with Gasteiger partial charge < -0.3 is 5.32 Å². The molecule has 0 aliphatic carbocycles. The van der Waals surface area contributed by atoms with Gasteiger partial charge in [-0.25, -0.2) is 0 Å². The lowest BCUT2D eigenvalue weighted by atomic mass is 10.1. The second-order valence-corrected chi connectivity index (χ2v) is 6.51. The van der Waals surface area contributed by atoms with E-state index in [1.165, 1.54) is 44.9 Å². The summed E-state index contributed by atoms with van der Waals surface area (Å²) in [7, 11) is 0. The second-order valence-electron chi connectivity index (χ2n) is 6.51. The Hall–Kier alpha value is -1.64. The summed E-state index contributed by atoms with van der Waals surface area (Å²) in [6.07, 6.45) is 14.0. The van der Waals surface area contributed by atoms with Gasteiger partial charge in [0.05, 0.1) is 6.04 Å². The van der Waals surface area contributed by atoms with Gasteiger partial charge in [-0.3, -0.25) is 9.59 Å². The monoisotopic (exact) mass is 330 g/mol. The van der Waals surface area contributed by atoms with E-state index in [9.17, 15) is 9.59 Å². The number of unbranched alkanes of at least 4 members (excludes halogenated alkanes) is 8. The third-order valence-electron chi connectivity index (χ3n) is 4.27. The first kappa shape index (κ1) is 20.4. The Kier molecular flexibility index (Phi) is 11.7. The molecule has 0 aliphatic rings. The molecule has 133 valence electrons. The first-order valence-corrected chi connectivity index (χ1v) is 9.47. The van der Waals surface area contributed by atoms with Crippen LogP contribution >= 0.6 is 0 Å². The second kappa shape index (κ2) is 13.8. The van der Waals surface area contributed by atoms with Crippen LogP contribution in [0, 0.1) is 0 Å². The SMILES string of the molecule is CCCCCCCCCCCC(=O)N[C@H]([C]=O)Cc1ccccc1. The Bertz CT molecular complexity index is 444. The lowest BCUT2D eigenvalue weighted by molar-refractivity contribution is -0.121. The molecule has 24 heavy (non-hydrogen) atoms. The van der Waals surface area contributed by atoms with E-state index in [0.717, 1.165) is 18.4 Å². The fourth-order valence-corrected chi connectivity index (χ4v) is 2.83. The lowest BCUT2D eigenvalue weighted by Crippen LogP contribution is -2.37. The number of carbonyl (C=O) groups is 1. The summed E-state index contributed by atoms with van der Waals surface area (Å²) in [5.74, 6) is -0.0396. The van der Waals surface area contributed by atoms with Crippen LogP contribution in [-0.2, 0) is 16.0 Å². The molecule has 1 radical (unpaired) electrons. The van der Waals surface area contributed by atoms with Gasteiger partial charge in [-0.2, -0.15) is 0 Å². The van der Waals surface area contributed by atoms with Gasteiger partial charge in [0, 0.05) is 12.8 Å². The Morgan fingerprint density at radius 3 is 2.12 bits per heavy atom. The van der Waals surface area contributed by atoms with E-state index in [1.807, 2.05) is 36.6 Å². The van der Waals surface area contributed by atoms with E-state index >= 15 is 0 Å². The number of rotatable bonds is 14. The molecular formula is C21H32NO2. The molecule has 0 unspecified atom stereocenters. The number of hydrogen-bond acceptors (Lipinski definition) is 2. The van der Waals surface area contributed by atoms with Crippen LogP contribution in [0.15, 0.2) is 30.3 Å². The largest absolute Gasteiger partial charge is 0.345 e. The molecule has 0 aromatic heterocycles. The van der Waals surface area contributed by atoms with Crippen molar-refractivity contribution in [2.75, 3.05) is 0 Å². The smallest absolute Gasteiger partial charge is 0.223 e. The van der Waals surface area contributed by atoms with Gasteiger partial charge in [0.1, 0.15) is 0 Å². The highest BCUT2D eigenvalue weighted by molar-refractivity contribution is 5.79. The third kappa shape index (κ3) is 10.2. The average molecular weight is 330 g/mol. The summed E-state index contributed by atoms with van der Waals surface area (Å²) in [5.41, 5.74) is 1.04. The van der Waals surface area contributed by atoms with Crippen molar-refractivity contribution in [1.82, 2.24) is 5.32 Å². The normalized spacial score (nSPS) is 11.9. The zero-order chi connectivity index (χ0) is 17.5. The molecule has 0 bridgehead atoms. The number of carbonyl (C=O) groups excluding carboxylic acids is 2. The van der Waals surface area contributed by atoms with Crippen LogP contribution in [0.4, 0.5) is 0 Å². The molecule has 3 heteroatoms. The average Bonchev–Trinajstić information content (AvgIpc) is 2.60. The van der Waals surface area contributed by atoms with Gasteiger partial charge in [-0.15, -0.1) is 0 Å². The Morgan fingerprint density at radius 1 is 0.958 bits per heavy atom. The highest BCUT2D eigenvalue weighted by Crippen LogP contribution is 2.10. The van der Waals surface area contributed by atoms with Gasteiger partial charge in [-0.1, -0.05) is 88.6 Å². The predicted octanol–water partition coefficient (Wildman–Crippen LogP) is 4.74. The number of amides is 1. The summed E-state index contributed by atoms with van der Waals surface area (Å²) in [6, 6.07) is 9.17. The van der Waals surface area contributed by atoms with Crippen molar-refractivity contribution in [3.05, 3.63) is 35.9 Å². The topological polar surface area (TPSA) is 46.2 Å². The molecule has 0 aliphatic heterocycles. The summed E-state index contributed by atoms with van der Waals surface area (Å²) >= 11 is 0. The van der Waals surface area contributed by atoms with Gasteiger partial charge in [0.15, 0.2) is 0 Å². The summed E-state index contributed by atoms with van der Waals surface area (Å²) in [4.78, 5) is 22.9. The molecule has 0 saturated heterocycles. The van der Waals surface area contributed by atoms with Gasteiger partial charge in [-0.05, 0) is 12.0 Å². The van der Waals surface area contributed by atoms with Crippen LogP contribution in [0.2, 0.25) is 0 Å². The Morgan fingerprint density at radius 2 is 1.54 bits per heavy atom. The van der Waals surface area contributed by atoms with Crippen LogP contribution in [0.25, 0.3) is 0 Å². The molecule has 1 atom stereocenters. The number of nitrogens with one attached hydrogen (secondary N) is 1. The van der Waals surface area contributed by atoms with Crippen LogP contribution in [0.5, 0.6) is 0 Å². The van der Waals surface area contributed by atoms with Crippen LogP contribution in [-0.4, -0.2) is 18.2 Å². The summed E-state index contributed by atoms with van der Waals surface area (Å²) in [6.45, 7) is 2.23. The molecule has 0 fully saturated rings. The fraction of sp³-hybridized carbons (Fsp3) is 0.619. The van der Waals surface area contributed by atoms with Crippen molar-refractivity contribution in [3.8, 4) is 0 Å². The summed E-state index contributed by atoms with van der Waals surface area (Å²) < 4.78 is 0. The lowest BCUT2D eigenvalue weighted by Gasteiger charge is -2.12. The minimum Gasteiger partial charge on any atom is -0.345 e. The van der Waals surface area contributed by atoms with Gasteiger partial charge in [0.2, 0.25) is 12.2 Å². The highest BCUT2D eigenvalue weighted by atomic mass is 16.2. The van der Waals surface area contributed by atoms with E-state index in [1.54, 1.807) is 0 Å². The van der Waals surface area contributed by atoms with Crippen molar-refractivity contribution in [2.24, 2.45) is 0 Å². The molecule has 3 nitrogen and oxygen atoms in total. The van der Waals surface area contributed by atoms with Crippen LogP contribution < -0.4 is 5.32 Å². The van der Waals surface area contributed by atoms with E-state index in [2.05, 4.69) is 12.2 Å². The predicted molar refractivity (Wildman–Crippen MR) is 99.6 cm³/mol. The van der Waals surface area contributed by atoms with Crippen LogP contribution in [0.1, 0.15) is 76.7 Å². The number of benzene rings is 1. The molecule has 1 N–H and O–H groups in total. The first-order valence-electron chi connectivity index (χ1n) is 9.47. The van der Waals surface area contributed by atoms with E-state index in [-0.39, 0.29) is 5.91 Å². The minimum absolute atomic E-state index is 0.0396. The maximum Gasteiger partial charge on any atom is 0.223 e. The Balaban J connectivity index is 2.06. The fourth-order valence-electron chi connectivity index (χ4n) is 2.83.